The second-order valence-corrected chi connectivity index (χ2v) is 7.19. The molecule has 3 rings (SSSR count). The van der Waals surface area contributed by atoms with Crippen LogP contribution in [0, 0.1) is 5.92 Å². The van der Waals surface area contributed by atoms with Crippen molar-refractivity contribution in [2.24, 2.45) is 5.92 Å². The van der Waals surface area contributed by atoms with Crippen LogP contribution in [0.15, 0.2) is 30.5 Å². The molecule has 0 bridgehead atoms. The Balaban J connectivity index is 1.74. The molecule has 5 heteroatoms. The van der Waals surface area contributed by atoms with Crippen molar-refractivity contribution in [1.29, 1.82) is 0 Å². The maximum Gasteiger partial charge on any atom is 0.243 e. The fourth-order valence-corrected chi connectivity index (χ4v) is 3.79. The largest absolute Gasteiger partial charge is 0.361 e. The maximum absolute atomic E-state index is 12.8. The first-order valence-electron chi connectivity index (χ1n) is 9.17. The van der Waals surface area contributed by atoms with E-state index in [9.17, 15) is 9.59 Å². The Hall–Kier alpha value is -2.30. The number of nitrogens with one attached hydrogen (secondary N) is 3. The molecule has 2 aromatic rings. The zero-order valence-corrected chi connectivity index (χ0v) is 15.0. The van der Waals surface area contributed by atoms with Crippen LogP contribution in [0.3, 0.4) is 0 Å². The maximum atomic E-state index is 12.8. The van der Waals surface area contributed by atoms with Crippen LogP contribution in [-0.4, -0.2) is 28.9 Å². The molecule has 1 saturated carbocycles. The summed E-state index contributed by atoms with van der Waals surface area (Å²) in [5.41, 5.74) is 2.08. The number of rotatable bonds is 5. The topological polar surface area (TPSA) is 74.0 Å². The van der Waals surface area contributed by atoms with E-state index in [1.165, 1.54) is 13.3 Å². The Morgan fingerprint density at radius 1 is 1.24 bits per heavy atom. The number of para-hydroxylation sites is 1. The fraction of sp³-hybridized carbons (Fsp3) is 0.500. The van der Waals surface area contributed by atoms with Gasteiger partial charge in [0.1, 0.15) is 6.04 Å². The molecule has 3 unspecified atom stereocenters. The predicted octanol–water partition coefficient (Wildman–Crippen LogP) is 2.91. The molecule has 0 saturated heterocycles. The summed E-state index contributed by atoms with van der Waals surface area (Å²) in [6.45, 7) is 3.65. The lowest BCUT2D eigenvalue weighted by molar-refractivity contribution is -0.128. The summed E-state index contributed by atoms with van der Waals surface area (Å²) in [6, 6.07) is 7.66. The van der Waals surface area contributed by atoms with Crippen molar-refractivity contribution in [3.8, 4) is 0 Å². The van der Waals surface area contributed by atoms with Crippen LogP contribution in [0.1, 0.15) is 45.1 Å². The lowest BCUT2D eigenvalue weighted by atomic mass is 9.85. The Bertz CT molecular complexity index is 752. The molecule has 1 aliphatic carbocycles. The number of hydrogen-bond donors (Lipinski definition) is 3. The molecular weight excluding hydrogens is 314 g/mol. The molecule has 1 fully saturated rings. The van der Waals surface area contributed by atoms with Crippen molar-refractivity contribution in [2.75, 3.05) is 0 Å². The number of aromatic amines is 1. The number of aromatic nitrogens is 1. The van der Waals surface area contributed by atoms with E-state index in [1.807, 2.05) is 30.5 Å². The SMILES string of the molecule is CC(=O)NC(Cc1c[nH]c2ccccc12)C(=O)NC1CCCCC1C. The highest BCUT2D eigenvalue weighted by Gasteiger charge is 2.27. The smallest absolute Gasteiger partial charge is 0.243 e. The summed E-state index contributed by atoms with van der Waals surface area (Å²) in [7, 11) is 0. The van der Waals surface area contributed by atoms with E-state index in [0.717, 1.165) is 35.7 Å². The quantitative estimate of drug-likeness (QED) is 0.782. The average Bonchev–Trinajstić information content (AvgIpc) is 2.99. The number of hydrogen-bond acceptors (Lipinski definition) is 2. The molecule has 1 aromatic carbocycles. The minimum Gasteiger partial charge on any atom is -0.361 e. The van der Waals surface area contributed by atoms with E-state index in [0.29, 0.717) is 12.3 Å². The van der Waals surface area contributed by atoms with E-state index < -0.39 is 6.04 Å². The number of amides is 2. The van der Waals surface area contributed by atoms with Gasteiger partial charge in [0, 0.05) is 36.5 Å². The Morgan fingerprint density at radius 3 is 2.76 bits per heavy atom. The number of fused-ring (bicyclic) bond motifs is 1. The van der Waals surface area contributed by atoms with Gasteiger partial charge in [0.15, 0.2) is 0 Å². The summed E-state index contributed by atoms with van der Waals surface area (Å²) in [5, 5.41) is 7.09. The average molecular weight is 341 g/mol. The summed E-state index contributed by atoms with van der Waals surface area (Å²) in [5.74, 6) is 0.222. The van der Waals surface area contributed by atoms with Crippen LogP contribution in [0.2, 0.25) is 0 Å². The first kappa shape index (κ1) is 17.5. The van der Waals surface area contributed by atoms with Crippen molar-refractivity contribution in [3.63, 3.8) is 0 Å². The molecule has 0 radical (unpaired) electrons. The van der Waals surface area contributed by atoms with Crippen LogP contribution in [-0.2, 0) is 16.0 Å². The van der Waals surface area contributed by atoms with E-state index in [2.05, 4.69) is 22.5 Å². The highest BCUT2D eigenvalue weighted by atomic mass is 16.2. The van der Waals surface area contributed by atoms with Crippen molar-refractivity contribution < 1.29 is 9.59 Å². The summed E-state index contributed by atoms with van der Waals surface area (Å²) in [4.78, 5) is 27.7. The molecule has 0 aliphatic heterocycles. The molecule has 5 nitrogen and oxygen atoms in total. The molecule has 3 N–H and O–H groups in total. The van der Waals surface area contributed by atoms with Gasteiger partial charge in [0.05, 0.1) is 0 Å². The van der Waals surface area contributed by atoms with Gasteiger partial charge in [-0.25, -0.2) is 0 Å². The van der Waals surface area contributed by atoms with Crippen LogP contribution in [0.25, 0.3) is 10.9 Å². The summed E-state index contributed by atoms with van der Waals surface area (Å²) >= 11 is 0. The van der Waals surface area contributed by atoms with Gasteiger partial charge in [0.2, 0.25) is 11.8 Å². The molecule has 3 atom stereocenters. The third-order valence-electron chi connectivity index (χ3n) is 5.23. The van der Waals surface area contributed by atoms with E-state index in [1.54, 1.807) is 0 Å². The lowest BCUT2D eigenvalue weighted by Crippen LogP contribution is -2.52. The Morgan fingerprint density at radius 2 is 2.00 bits per heavy atom. The minimum absolute atomic E-state index is 0.0840. The van der Waals surface area contributed by atoms with E-state index >= 15 is 0 Å². The van der Waals surface area contributed by atoms with Gasteiger partial charge in [-0.05, 0) is 30.4 Å². The molecular formula is C20H27N3O2. The van der Waals surface area contributed by atoms with Crippen molar-refractivity contribution in [1.82, 2.24) is 15.6 Å². The molecule has 134 valence electrons. The highest BCUT2D eigenvalue weighted by molar-refractivity contribution is 5.89. The van der Waals surface area contributed by atoms with Crippen molar-refractivity contribution in [2.45, 2.75) is 58.0 Å². The van der Waals surface area contributed by atoms with Crippen LogP contribution in [0.5, 0.6) is 0 Å². The first-order chi connectivity index (χ1) is 12.0. The van der Waals surface area contributed by atoms with Gasteiger partial charge in [-0.3, -0.25) is 9.59 Å². The van der Waals surface area contributed by atoms with Crippen molar-refractivity contribution >= 4 is 22.7 Å². The number of benzene rings is 1. The first-order valence-corrected chi connectivity index (χ1v) is 9.17. The third-order valence-corrected chi connectivity index (χ3v) is 5.23. The van der Waals surface area contributed by atoms with Gasteiger partial charge < -0.3 is 15.6 Å². The molecule has 0 spiro atoms. The Labute approximate surface area is 148 Å². The fourth-order valence-electron chi connectivity index (χ4n) is 3.79. The number of carbonyl (C=O) groups excluding carboxylic acids is 2. The van der Waals surface area contributed by atoms with Gasteiger partial charge >= 0.3 is 0 Å². The van der Waals surface area contributed by atoms with Crippen LogP contribution >= 0.6 is 0 Å². The normalized spacial score (nSPS) is 21.7. The second kappa shape index (κ2) is 7.72. The highest BCUT2D eigenvalue weighted by Crippen LogP contribution is 2.24. The van der Waals surface area contributed by atoms with Gasteiger partial charge in [-0.15, -0.1) is 0 Å². The number of H-pyrrole nitrogens is 1. The Kier molecular flexibility index (Phi) is 5.41. The van der Waals surface area contributed by atoms with Gasteiger partial charge in [0.25, 0.3) is 0 Å². The molecule has 2 amide bonds. The van der Waals surface area contributed by atoms with Crippen LogP contribution in [0.4, 0.5) is 0 Å². The van der Waals surface area contributed by atoms with Gasteiger partial charge in [-0.1, -0.05) is 38.0 Å². The monoisotopic (exact) mass is 341 g/mol. The molecule has 1 heterocycles. The van der Waals surface area contributed by atoms with E-state index in [4.69, 9.17) is 0 Å². The second-order valence-electron chi connectivity index (χ2n) is 7.19. The molecule has 1 aliphatic rings. The van der Waals surface area contributed by atoms with E-state index in [-0.39, 0.29) is 17.9 Å². The standard InChI is InChI=1S/C20H27N3O2/c1-13-7-3-5-9-17(13)23-20(25)19(22-14(2)24)11-15-12-21-18-10-6-4-8-16(15)18/h4,6,8,10,12-13,17,19,21H,3,5,7,9,11H2,1-2H3,(H,22,24)(H,23,25). The summed E-state index contributed by atoms with van der Waals surface area (Å²) < 4.78 is 0. The molecule has 1 aromatic heterocycles. The van der Waals surface area contributed by atoms with Crippen molar-refractivity contribution in [3.05, 3.63) is 36.0 Å². The zero-order valence-electron chi connectivity index (χ0n) is 15.0. The predicted molar refractivity (Wildman–Crippen MR) is 99.2 cm³/mol. The van der Waals surface area contributed by atoms with Gasteiger partial charge in [-0.2, -0.15) is 0 Å². The summed E-state index contributed by atoms with van der Waals surface area (Å²) in [6.07, 6.45) is 6.97. The number of carbonyl (C=O) groups is 2. The van der Waals surface area contributed by atoms with Crippen LogP contribution < -0.4 is 10.6 Å². The lowest BCUT2D eigenvalue weighted by Gasteiger charge is -2.31. The minimum atomic E-state index is -0.550. The zero-order chi connectivity index (χ0) is 17.8. The third kappa shape index (κ3) is 4.21. The molecule has 25 heavy (non-hydrogen) atoms.